The molecule has 0 aromatic carbocycles. The van der Waals surface area contributed by atoms with E-state index in [4.69, 9.17) is 5.73 Å². The molecular formula is C4H4N4O3. The Bertz CT molecular complexity index is 497. The van der Waals surface area contributed by atoms with Crippen molar-refractivity contribution >= 4 is 11.4 Å². The fraction of sp³-hybridized carbons (Fsp3) is 0. The average Bonchev–Trinajstić information content (AvgIpc) is 2.37. The molecule has 0 saturated carbocycles. The number of nitrogens with two attached hydrogens (primary N) is 1. The molecule has 0 aliphatic rings. The van der Waals surface area contributed by atoms with E-state index >= 15 is 0 Å². The molecule has 2 rings (SSSR count). The summed E-state index contributed by atoms with van der Waals surface area (Å²) in [4.78, 5) is 21.2. The van der Waals surface area contributed by atoms with Gasteiger partial charge in [-0.3, -0.25) is 4.79 Å². The number of nitrogens with zero attached hydrogens (tertiary/aromatic N) is 1. The molecule has 0 unspecified atom stereocenters. The van der Waals surface area contributed by atoms with E-state index in [1.165, 1.54) is 0 Å². The summed E-state index contributed by atoms with van der Waals surface area (Å²) in [7, 11) is 0. The van der Waals surface area contributed by atoms with Crippen LogP contribution >= 0.6 is 0 Å². The molecule has 0 aliphatic carbocycles. The summed E-state index contributed by atoms with van der Waals surface area (Å²) in [5.74, 6) is -0.664. The fourth-order valence-corrected chi connectivity index (χ4v) is 0.811. The van der Waals surface area contributed by atoms with Gasteiger partial charge in [0, 0.05) is 0 Å². The van der Waals surface area contributed by atoms with E-state index in [0.29, 0.717) is 0 Å². The van der Waals surface area contributed by atoms with Gasteiger partial charge in [-0.2, -0.15) is 4.63 Å². The second kappa shape index (κ2) is 1.57. The van der Waals surface area contributed by atoms with Gasteiger partial charge in [0.2, 0.25) is 0 Å². The van der Waals surface area contributed by atoms with Crippen LogP contribution in [0.3, 0.4) is 0 Å². The molecule has 0 saturated heterocycles. The van der Waals surface area contributed by atoms with Gasteiger partial charge in [0.15, 0.2) is 5.69 Å². The van der Waals surface area contributed by atoms with Gasteiger partial charge < -0.3 is 10.2 Å². The van der Waals surface area contributed by atoms with E-state index in [1.807, 2.05) is 0 Å². The third kappa shape index (κ3) is 0.613. The lowest BCUT2D eigenvalue weighted by Gasteiger charge is -1.74. The van der Waals surface area contributed by atoms with Crippen molar-refractivity contribution in [1.29, 1.82) is 0 Å². The Morgan fingerprint density at radius 3 is 2.73 bits per heavy atom. The number of rotatable bonds is 0. The van der Waals surface area contributed by atoms with Crippen LogP contribution in [0.15, 0.2) is 14.0 Å². The zero-order valence-electron chi connectivity index (χ0n) is 5.25. The van der Waals surface area contributed by atoms with Crippen molar-refractivity contribution in [3.05, 3.63) is 20.9 Å². The highest BCUT2D eigenvalue weighted by atomic mass is 16.4. The zero-order chi connectivity index (χ0) is 8.01. The van der Waals surface area contributed by atoms with E-state index in [9.17, 15) is 9.59 Å². The van der Waals surface area contributed by atoms with Crippen molar-refractivity contribution in [3.8, 4) is 0 Å². The average molecular weight is 156 g/mol. The first-order valence-corrected chi connectivity index (χ1v) is 2.78. The molecule has 2 aromatic heterocycles. The molecule has 11 heavy (non-hydrogen) atoms. The van der Waals surface area contributed by atoms with Crippen LogP contribution in [0, 0.1) is 0 Å². The Morgan fingerprint density at radius 1 is 1.36 bits per heavy atom. The molecule has 0 aliphatic heterocycles. The number of aromatic nitrogens is 3. The molecule has 0 bridgehead atoms. The highest BCUT2D eigenvalue weighted by Gasteiger charge is 2.08. The fourth-order valence-electron chi connectivity index (χ4n) is 0.811. The van der Waals surface area contributed by atoms with Crippen LogP contribution in [0.25, 0.3) is 5.71 Å². The number of hydrogen-bond donors (Lipinski definition) is 3. The highest BCUT2D eigenvalue weighted by molar-refractivity contribution is 5.59. The molecule has 0 fully saturated rings. The smallest absolute Gasteiger partial charge is 0.390 e. The van der Waals surface area contributed by atoms with Gasteiger partial charge >= 0.3 is 5.76 Å². The van der Waals surface area contributed by atoms with Crippen LogP contribution in [0.4, 0.5) is 5.69 Å². The molecule has 2 aromatic rings. The number of nitrogens with one attached hydrogen (secondary N) is 2. The zero-order valence-corrected chi connectivity index (χ0v) is 5.25. The first-order valence-electron chi connectivity index (χ1n) is 2.78. The first kappa shape index (κ1) is 5.83. The van der Waals surface area contributed by atoms with E-state index in [-0.39, 0.29) is 11.4 Å². The Morgan fingerprint density at radius 2 is 2.09 bits per heavy atom. The second-order valence-corrected chi connectivity index (χ2v) is 2.00. The highest BCUT2D eigenvalue weighted by Crippen LogP contribution is 2.01. The molecule has 58 valence electrons. The van der Waals surface area contributed by atoms with E-state index < -0.39 is 11.3 Å². The van der Waals surface area contributed by atoms with Gasteiger partial charge in [0.05, 0.1) is 0 Å². The number of aromatic amines is 2. The van der Waals surface area contributed by atoms with Crippen molar-refractivity contribution in [2.75, 3.05) is 5.73 Å². The van der Waals surface area contributed by atoms with E-state index in [2.05, 4.69) is 14.6 Å². The minimum atomic E-state index is -0.664. The lowest BCUT2D eigenvalue weighted by Crippen LogP contribution is -2.08. The minimum absolute atomic E-state index is 0.0139. The summed E-state index contributed by atoms with van der Waals surface area (Å²) in [5, 5.41) is 4.41. The predicted octanol–water partition coefficient (Wildman–Crippen LogP) is -1.51. The number of hydrogen-bond acceptors (Lipinski definition) is 4. The van der Waals surface area contributed by atoms with Gasteiger partial charge in [-0.25, -0.2) is 15.0 Å². The lowest BCUT2D eigenvalue weighted by atomic mass is 10.6. The summed E-state index contributed by atoms with van der Waals surface area (Å²) in [5.41, 5.74) is 4.65. The summed E-state index contributed by atoms with van der Waals surface area (Å²) in [6.07, 6.45) is 0. The Hall–Kier alpha value is -1.92. The maximum Gasteiger partial charge on any atom is 0.434 e. The monoisotopic (exact) mass is 156 g/mol. The second-order valence-electron chi connectivity index (χ2n) is 2.00. The predicted molar refractivity (Wildman–Crippen MR) is 35.3 cm³/mol. The van der Waals surface area contributed by atoms with Gasteiger partial charge in [-0.15, -0.1) is 0 Å². The molecule has 7 heteroatoms. The van der Waals surface area contributed by atoms with Crippen LogP contribution in [-0.4, -0.2) is 14.8 Å². The van der Waals surface area contributed by atoms with Crippen LogP contribution in [0.2, 0.25) is 0 Å². The van der Waals surface area contributed by atoms with Gasteiger partial charge in [0.25, 0.3) is 11.3 Å². The molecule has 4 N–H and O–H groups in total. The van der Waals surface area contributed by atoms with Crippen molar-refractivity contribution in [2.24, 2.45) is 0 Å². The molecule has 0 amide bonds. The van der Waals surface area contributed by atoms with Crippen LogP contribution in [0.1, 0.15) is 0 Å². The van der Waals surface area contributed by atoms with Crippen LogP contribution < -0.4 is 17.0 Å². The Labute approximate surface area is 58.4 Å². The van der Waals surface area contributed by atoms with Crippen molar-refractivity contribution in [2.45, 2.75) is 0 Å². The maximum atomic E-state index is 10.7. The molecule has 0 atom stereocenters. The Kier molecular flexibility index (Phi) is 0.831. The minimum Gasteiger partial charge on any atom is -0.390 e. The van der Waals surface area contributed by atoms with Gasteiger partial charge in [0.1, 0.15) is 0 Å². The summed E-state index contributed by atoms with van der Waals surface area (Å²) < 4.78 is 5.54. The van der Waals surface area contributed by atoms with E-state index in [1.54, 1.807) is 0 Å². The van der Waals surface area contributed by atoms with Crippen LogP contribution in [-0.2, 0) is 0 Å². The first-order chi connectivity index (χ1) is 5.18. The van der Waals surface area contributed by atoms with Gasteiger partial charge in [-0.05, 0) is 0 Å². The quantitative estimate of drug-likeness (QED) is 0.430. The van der Waals surface area contributed by atoms with Crippen LogP contribution in [0.5, 0.6) is 0 Å². The Balaban J connectivity index is 3.11. The van der Waals surface area contributed by atoms with Crippen molar-refractivity contribution in [1.82, 2.24) is 14.8 Å². The molecular weight excluding hydrogens is 152 g/mol. The number of H-pyrrole nitrogens is 2. The lowest BCUT2D eigenvalue weighted by molar-refractivity contribution is 0.556. The molecule has 0 radical (unpaired) electrons. The van der Waals surface area contributed by atoms with Crippen molar-refractivity contribution < 1.29 is 4.42 Å². The normalized spacial score (nSPS) is 10.9. The summed E-state index contributed by atoms with van der Waals surface area (Å²) >= 11 is 0. The standard InChI is InChI=1S/C4H4N4O3/c5-1-2(9)6-8-3(1)11-4(10)7-8/h5H2,(H,6,9)(H,7,10). The molecule has 7 nitrogen and oxygen atoms in total. The largest absolute Gasteiger partial charge is 0.434 e. The summed E-state index contributed by atoms with van der Waals surface area (Å²) in [6, 6.07) is 0. The molecule has 0 spiro atoms. The van der Waals surface area contributed by atoms with E-state index in [0.717, 1.165) is 4.63 Å². The third-order valence-corrected chi connectivity index (χ3v) is 1.28. The summed E-state index contributed by atoms with van der Waals surface area (Å²) in [6.45, 7) is 0. The van der Waals surface area contributed by atoms with Crippen molar-refractivity contribution in [3.63, 3.8) is 0 Å². The topological polar surface area (TPSA) is 109 Å². The SMILES string of the molecule is Nc1c(=O)[nH]n2[nH]c(=O)oc12. The third-order valence-electron chi connectivity index (χ3n) is 1.28. The maximum absolute atomic E-state index is 10.7. The number of nitrogen functional groups attached to an aromatic ring is 1. The van der Waals surface area contributed by atoms with Gasteiger partial charge in [-0.1, -0.05) is 0 Å². The number of fused-ring (bicyclic) bond motifs is 1. The molecule has 2 heterocycles. The number of anilines is 1.